The van der Waals surface area contributed by atoms with Crippen molar-refractivity contribution in [2.75, 3.05) is 25.5 Å². The summed E-state index contributed by atoms with van der Waals surface area (Å²) >= 11 is 2.15. The lowest BCUT2D eigenvalue weighted by molar-refractivity contribution is 0.1000. The fraction of sp³-hybridized carbons (Fsp3) is 1.00. The van der Waals surface area contributed by atoms with Gasteiger partial charge in [0, 0.05) is 30.3 Å². The predicted molar refractivity (Wildman–Crippen MR) is 57.3 cm³/mol. The van der Waals surface area contributed by atoms with Crippen LogP contribution in [0.25, 0.3) is 0 Å². The van der Waals surface area contributed by atoms with Crippen molar-refractivity contribution in [3.05, 3.63) is 0 Å². The van der Waals surface area contributed by atoms with Crippen molar-refractivity contribution in [1.29, 1.82) is 0 Å². The third kappa shape index (κ3) is 3.15. The second-order valence-electron chi connectivity index (χ2n) is 3.94. The Morgan fingerprint density at radius 2 is 2.08 bits per heavy atom. The molecule has 76 valence electrons. The van der Waals surface area contributed by atoms with Crippen LogP contribution >= 0.6 is 11.8 Å². The van der Waals surface area contributed by atoms with Gasteiger partial charge in [-0.3, -0.25) is 0 Å². The van der Waals surface area contributed by atoms with Gasteiger partial charge in [-0.25, -0.2) is 0 Å². The van der Waals surface area contributed by atoms with Gasteiger partial charge in [0.15, 0.2) is 0 Å². The van der Waals surface area contributed by atoms with E-state index in [2.05, 4.69) is 17.1 Å². The Balaban J connectivity index is 1.60. The molecule has 0 bridgehead atoms. The Labute approximate surface area is 84.8 Å². The summed E-state index contributed by atoms with van der Waals surface area (Å²) in [6.45, 7) is 3.20. The maximum absolute atomic E-state index is 5.34. The van der Waals surface area contributed by atoms with Crippen molar-refractivity contribution in [3.8, 4) is 0 Å². The van der Waals surface area contributed by atoms with Gasteiger partial charge in [0.25, 0.3) is 0 Å². The third-order valence-corrected chi connectivity index (χ3v) is 4.40. The minimum absolute atomic E-state index is 0.799. The van der Waals surface area contributed by atoms with E-state index in [1.54, 1.807) is 0 Å². The van der Waals surface area contributed by atoms with Crippen molar-refractivity contribution in [3.63, 3.8) is 0 Å². The van der Waals surface area contributed by atoms with Crippen molar-refractivity contribution in [1.82, 2.24) is 5.32 Å². The van der Waals surface area contributed by atoms with Crippen molar-refractivity contribution in [2.45, 2.75) is 37.0 Å². The van der Waals surface area contributed by atoms with Crippen LogP contribution in [0, 0.1) is 0 Å². The van der Waals surface area contributed by atoms with E-state index < -0.39 is 0 Å². The molecule has 0 saturated carbocycles. The number of thioether (sulfide) groups is 1. The van der Waals surface area contributed by atoms with E-state index in [0.29, 0.717) is 0 Å². The average molecular weight is 201 g/mol. The first-order valence-electron chi connectivity index (χ1n) is 5.38. The highest BCUT2D eigenvalue weighted by Gasteiger charge is 2.18. The van der Waals surface area contributed by atoms with Crippen LogP contribution in [0.15, 0.2) is 0 Å². The third-order valence-electron chi connectivity index (χ3n) is 2.86. The van der Waals surface area contributed by atoms with E-state index in [0.717, 1.165) is 24.5 Å². The van der Waals surface area contributed by atoms with Crippen LogP contribution in [0.3, 0.4) is 0 Å². The van der Waals surface area contributed by atoms with Gasteiger partial charge in [-0.2, -0.15) is 11.8 Å². The molecule has 0 radical (unpaired) electrons. The summed E-state index contributed by atoms with van der Waals surface area (Å²) in [5.41, 5.74) is 0. The molecule has 2 saturated heterocycles. The molecule has 13 heavy (non-hydrogen) atoms. The second-order valence-corrected chi connectivity index (χ2v) is 5.27. The standard InChI is InChI=1S/C10H19NOS/c1-2-9(11-5-1)8-13-10-3-6-12-7-4-10/h9-11H,1-8H2/t9-/m0/s1. The molecule has 0 spiro atoms. The highest BCUT2D eigenvalue weighted by atomic mass is 32.2. The number of hydrogen-bond donors (Lipinski definition) is 1. The number of rotatable bonds is 3. The molecule has 2 heterocycles. The first kappa shape index (κ1) is 9.81. The monoisotopic (exact) mass is 201 g/mol. The largest absolute Gasteiger partial charge is 0.381 e. The lowest BCUT2D eigenvalue weighted by atomic mass is 10.2. The van der Waals surface area contributed by atoms with Gasteiger partial charge in [-0.05, 0) is 32.2 Å². The van der Waals surface area contributed by atoms with E-state index in [-0.39, 0.29) is 0 Å². The number of ether oxygens (including phenoxy) is 1. The second kappa shape index (κ2) is 5.23. The molecule has 2 rings (SSSR count). The molecular formula is C10H19NOS. The quantitative estimate of drug-likeness (QED) is 0.750. The molecule has 1 atom stereocenters. The Kier molecular flexibility index (Phi) is 3.94. The predicted octanol–water partition coefficient (Wildman–Crippen LogP) is 1.65. The van der Waals surface area contributed by atoms with Crippen LogP contribution in [0.1, 0.15) is 25.7 Å². The fourth-order valence-corrected chi connectivity index (χ4v) is 3.31. The van der Waals surface area contributed by atoms with Gasteiger partial charge in [0.2, 0.25) is 0 Å². The summed E-state index contributed by atoms with van der Waals surface area (Å²) in [6.07, 6.45) is 5.28. The molecule has 2 aliphatic rings. The van der Waals surface area contributed by atoms with Crippen LogP contribution < -0.4 is 5.32 Å². The maximum Gasteiger partial charge on any atom is 0.0476 e. The molecule has 0 unspecified atom stereocenters. The van der Waals surface area contributed by atoms with Crippen LogP contribution in [-0.2, 0) is 4.74 Å². The molecule has 0 aromatic heterocycles. The molecule has 2 fully saturated rings. The molecule has 0 amide bonds. The van der Waals surface area contributed by atoms with Crippen LogP contribution in [-0.4, -0.2) is 36.8 Å². The van der Waals surface area contributed by atoms with Gasteiger partial charge >= 0.3 is 0 Å². The van der Waals surface area contributed by atoms with Crippen molar-refractivity contribution in [2.24, 2.45) is 0 Å². The smallest absolute Gasteiger partial charge is 0.0476 e. The Hall–Kier alpha value is 0.270. The summed E-state index contributed by atoms with van der Waals surface area (Å²) in [6, 6.07) is 0.799. The molecule has 2 aliphatic heterocycles. The zero-order valence-electron chi connectivity index (χ0n) is 8.13. The van der Waals surface area contributed by atoms with Gasteiger partial charge < -0.3 is 10.1 Å². The lowest BCUT2D eigenvalue weighted by Crippen LogP contribution is -2.26. The molecule has 1 N–H and O–H groups in total. The Morgan fingerprint density at radius 1 is 1.23 bits per heavy atom. The van der Waals surface area contributed by atoms with E-state index in [1.165, 1.54) is 38.0 Å². The van der Waals surface area contributed by atoms with E-state index in [1.807, 2.05) is 0 Å². The summed E-state index contributed by atoms with van der Waals surface area (Å²) in [5, 5.41) is 4.42. The van der Waals surface area contributed by atoms with E-state index in [9.17, 15) is 0 Å². The number of hydrogen-bond acceptors (Lipinski definition) is 3. The molecule has 0 aromatic rings. The van der Waals surface area contributed by atoms with Gasteiger partial charge in [0.1, 0.15) is 0 Å². The summed E-state index contributed by atoms with van der Waals surface area (Å²) in [5.74, 6) is 1.31. The average Bonchev–Trinajstić information content (AvgIpc) is 2.69. The van der Waals surface area contributed by atoms with Crippen LogP contribution in [0.5, 0.6) is 0 Å². The summed E-state index contributed by atoms with van der Waals surface area (Å²) in [4.78, 5) is 0. The van der Waals surface area contributed by atoms with Crippen molar-refractivity contribution >= 4 is 11.8 Å². The lowest BCUT2D eigenvalue weighted by Gasteiger charge is -2.22. The Morgan fingerprint density at radius 3 is 2.77 bits per heavy atom. The zero-order chi connectivity index (χ0) is 8.93. The van der Waals surface area contributed by atoms with E-state index >= 15 is 0 Å². The molecular weight excluding hydrogens is 182 g/mol. The summed E-state index contributed by atoms with van der Waals surface area (Å²) in [7, 11) is 0. The fourth-order valence-electron chi connectivity index (χ4n) is 1.99. The Bertz CT molecular complexity index is 142. The molecule has 3 heteroatoms. The minimum atomic E-state index is 0.799. The zero-order valence-corrected chi connectivity index (χ0v) is 8.94. The van der Waals surface area contributed by atoms with Crippen molar-refractivity contribution < 1.29 is 4.74 Å². The van der Waals surface area contributed by atoms with Crippen LogP contribution in [0.4, 0.5) is 0 Å². The minimum Gasteiger partial charge on any atom is -0.381 e. The molecule has 0 aromatic carbocycles. The highest BCUT2D eigenvalue weighted by Crippen LogP contribution is 2.24. The summed E-state index contributed by atoms with van der Waals surface area (Å²) < 4.78 is 5.34. The van der Waals surface area contributed by atoms with Gasteiger partial charge in [0.05, 0.1) is 0 Å². The maximum atomic E-state index is 5.34. The van der Waals surface area contributed by atoms with Crippen LogP contribution in [0.2, 0.25) is 0 Å². The highest BCUT2D eigenvalue weighted by molar-refractivity contribution is 7.99. The topological polar surface area (TPSA) is 21.3 Å². The van der Waals surface area contributed by atoms with Gasteiger partial charge in [-0.1, -0.05) is 0 Å². The molecule has 0 aliphatic carbocycles. The first-order valence-corrected chi connectivity index (χ1v) is 6.43. The number of nitrogens with one attached hydrogen (secondary N) is 1. The van der Waals surface area contributed by atoms with Gasteiger partial charge in [-0.15, -0.1) is 0 Å². The normalized spacial score (nSPS) is 30.9. The first-order chi connectivity index (χ1) is 6.45. The molecule has 2 nitrogen and oxygen atoms in total. The SMILES string of the molecule is C1CN[C@H](CSC2CCOCC2)C1. The van der Waals surface area contributed by atoms with E-state index in [4.69, 9.17) is 4.74 Å².